The highest BCUT2D eigenvalue weighted by Crippen LogP contribution is 2.31. The normalized spacial score (nSPS) is 15.7. The van der Waals surface area contributed by atoms with Gasteiger partial charge >= 0.3 is 0 Å². The molecule has 2 heteroatoms. The van der Waals surface area contributed by atoms with Gasteiger partial charge in [0.15, 0.2) is 5.78 Å². The van der Waals surface area contributed by atoms with Gasteiger partial charge in [-0.25, -0.2) is 0 Å². The van der Waals surface area contributed by atoms with Crippen molar-refractivity contribution in [1.29, 1.82) is 0 Å². The van der Waals surface area contributed by atoms with Crippen molar-refractivity contribution in [2.75, 3.05) is 0 Å². The van der Waals surface area contributed by atoms with Crippen LogP contribution in [0.1, 0.15) is 29.8 Å². The Kier molecular flexibility index (Phi) is 1.92. The average molecular weight is 188 g/mol. The predicted molar refractivity (Wildman–Crippen MR) is 54.5 cm³/mol. The van der Waals surface area contributed by atoms with Gasteiger partial charge in [0.1, 0.15) is 5.75 Å². The SMILES string of the molecule is CC1=C(C)C(=O)c2c(O)cccc2C1. The number of Topliss-reactive ketones (excluding diaryl/α,β-unsaturated/α-hetero) is 1. The van der Waals surface area contributed by atoms with Crippen LogP contribution in [0.4, 0.5) is 0 Å². The van der Waals surface area contributed by atoms with E-state index in [2.05, 4.69) is 0 Å². The molecule has 0 spiro atoms. The largest absolute Gasteiger partial charge is 0.507 e. The Morgan fingerprint density at radius 1 is 1.29 bits per heavy atom. The van der Waals surface area contributed by atoms with Crippen LogP contribution >= 0.6 is 0 Å². The maximum absolute atomic E-state index is 11.8. The van der Waals surface area contributed by atoms with E-state index >= 15 is 0 Å². The highest BCUT2D eigenvalue weighted by Gasteiger charge is 2.23. The van der Waals surface area contributed by atoms with Crippen molar-refractivity contribution >= 4 is 5.78 Å². The van der Waals surface area contributed by atoms with Crippen LogP contribution < -0.4 is 0 Å². The van der Waals surface area contributed by atoms with Crippen LogP contribution in [0.15, 0.2) is 29.3 Å². The third-order valence-corrected chi connectivity index (χ3v) is 2.79. The van der Waals surface area contributed by atoms with Crippen LogP contribution in [-0.2, 0) is 6.42 Å². The fourth-order valence-electron chi connectivity index (χ4n) is 1.80. The third kappa shape index (κ3) is 1.15. The second kappa shape index (κ2) is 2.98. The number of phenols is 1. The number of hydrogen-bond acceptors (Lipinski definition) is 2. The quantitative estimate of drug-likeness (QED) is 0.679. The minimum Gasteiger partial charge on any atom is -0.507 e. The molecule has 0 fully saturated rings. The molecule has 2 rings (SSSR count). The molecule has 0 heterocycles. The van der Waals surface area contributed by atoms with E-state index in [1.54, 1.807) is 12.1 Å². The molecule has 1 aromatic carbocycles. The summed E-state index contributed by atoms with van der Waals surface area (Å²) < 4.78 is 0. The maximum Gasteiger partial charge on any atom is 0.192 e. The van der Waals surface area contributed by atoms with Gasteiger partial charge in [-0.15, -0.1) is 0 Å². The minimum atomic E-state index is -0.0400. The van der Waals surface area contributed by atoms with Crippen LogP contribution in [0.2, 0.25) is 0 Å². The Hall–Kier alpha value is -1.57. The average Bonchev–Trinajstić information content (AvgIpc) is 2.14. The first-order chi connectivity index (χ1) is 6.61. The van der Waals surface area contributed by atoms with Gasteiger partial charge < -0.3 is 5.11 Å². The van der Waals surface area contributed by atoms with Crippen molar-refractivity contribution in [2.45, 2.75) is 20.3 Å². The maximum atomic E-state index is 11.8. The first-order valence-electron chi connectivity index (χ1n) is 4.63. The summed E-state index contributed by atoms with van der Waals surface area (Å²) in [6.07, 6.45) is 0.765. The van der Waals surface area contributed by atoms with Gasteiger partial charge in [0, 0.05) is 0 Å². The van der Waals surface area contributed by atoms with E-state index < -0.39 is 0 Å². The van der Waals surface area contributed by atoms with Gasteiger partial charge in [-0.1, -0.05) is 17.7 Å². The van der Waals surface area contributed by atoms with Gasteiger partial charge in [-0.05, 0) is 37.5 Å². The molecule has 0 aromatic heterocycles. The van der Waals surface area contributed by atoms with Gasteiger partial charge in [-0.2, -0.15) is 0 Å². The number of aromatic hydroxyl groups is 1. The number of allylic oxidation sites excluding steroid dienone is 2. The zero-order chi connectivity index (χ0) is 10.3. The lowest BCUT2D eigenvalue weighted by Gasteiger charge is -2.18. The fourth-order valence-corrected chi connectivity index (χ4v) is 1.80. The molecule has 1 aliphatic carbocycles. The molecule has 0 amide bonds. The van der Waals surface area contributed by atoms with Crippen LogP contribution in [0, 0.1) is 0 Å². The highest BCUT2D eigenvalue weighted by molar-refractivity contribution is 6.12. The number of rotatable bonds is 0. The smallest absolute Gasteiger partial charge is 0.192 e. The summed E-state index contributed by atoms with van der Waals surface area (Å²) in [5.74, 6) is 0.0567. The van der Waals surface area contributed by atoms with E-state index in [0.29, 0.717) is 5.56 Å². The summed E-state index contributed by atoms with van der Waals surface area (Å²) in [5.41, 5.74) is 3.26. The molecule has 14 heavy (non-hydrogen) atoms. The van der Waals surface area contributed by atoms with Crippen molar-refractivity contribution in [3.63, 3.8) is 0 Å². The number of ketones is 1. The predicted octanol–water partition coefficient (Wildman–Crippen LogP) is 2.47. The molecule has 0 aliphatic heterocycles. The molecule has 0 saturated carbocycles. The molecule has 0 unspecified atom stereocenters. The Morgan fingerprint density at radius 2 is 2.00 bits per heavy atom. The molecular formula is C12H12O2. The number of phenolic OH excluding ortho intramolecular Hbond substituents is 1. The summed E-state index contributed by atoms with van der Waals surface area (Å²) in [4.78, 5) is 11.8. The third-order valence-electron chi connectivity index (χ3n) is 2.79. The first-order valence-corrected chi connectivity index (χ1v) is 4.63. The van der Waals surface area contributed by atoms with E-state index in [9.17, 15) is 9.90 Å². The van der Waals surface area contributed by atoms with E-state index in [4.69, 9.17) is 0 Å². The number of benzene rings is 1. The number of carbonyl (C=O) groups excluding carboxylic acids is 1. The number of fused-ring (bicyclic) bond motifs is 1. The monoisotopic (exact) mass is 188 g/mol. The summed E-state index contributed by atoms with van der Waals surface area (Å²) in [6, 6.07) is 5.23. The molecule has 0 saturated heterocycles. The van der Waals surface area contributed by atoms with Gasteiger partial charge in [0.05, 0.1) is 5.56 Å². The molecule has 72 valence electrons. The number of hydrogen-bond donors (Lipinski definition) is 1. The summed E-state index contributed by atoms with van der Waals surface area (Å²) in [7, 11) is 0. The Bertz CT molecular complexity index is 442. The summed E-state index contributed by atoms with van der Waals surface area (Å²) >= 11 is 0. The Balaban J connectivity index is 2.66. The second-order valence-electron chi connectivity index (χ2n) is 3.72. The molecule has 1 aliphatic rings. The Morgan fingerprint density at radius 3 is 2.71 bits per heavy atom. The van der Waals surface area contributed by atoms with Crippen molar-refractivity contribution < 1.29 is 9.90 Å². The lowest BCUT2D eigenvalue weighted by Crippen LogP contribution is -2.13. The highest BCUT2D eigenvalue weighted by atomic mass is 16.3. The Labute approximate surface area is 82.9 Å². The molecule has 1 N–H and O–H groups in total. The molecule has 0 atom stereocenters. The van der Waals surface area contributed by atoms with Gasteiger partial charge in [0.25, 0.3) is 0 Å². The zero-order valence-corrected chi connectivity index (χ0v) is 8.29. The van der Waals surface area contributed by atoms with Crippen molar-refractivity contribution in [3.05, 3.63) is 40.5 Å². The van der Waals surface area contributed by atoms with E-state index in [1.165, 1.54) is 0 Å². The molecule has 2 nitrogen and oxygen atoms in total. The van der Waals surface area contributed by atoms with Crippen LogP contribution in [0.5, 0.6) is 5.75 Å². The standard InChI is InChI=1S/C12H12O2/c1-7-6-9-4-3-5-10(13)11(9)12(14)8(7)2/h3-5,13H,6H2,1-2H3. The topological polar surface area (TPSA) is 37.3 Å². The van der Waals surface area contributed by atoms with E-state index in [1.807, 2.05) is 19.9 Å². The molecular weight excluding hydrogens is 176 g/mol. The van der Waals surface area contributed by atoms with E-state index in [0.717, 1.165) is 23.1 Å². The van der Waals surface area contributed by atoms with Crippen LogP contribution in [0.3, 0.4) is 0 Å². The zero-order valence-electron chi connectivity index (χ0n) is 8.29. The fraction of sp³-hybridized carbons (Fsp3) is 0.250. The lowest BCUT2D eigenvalue weighted by atomic mass is 9.86. The van der Waals surface area contributed by atoms with Crippen LogP contribution in [0.25, 0.3) is 0 Å². The number of carbonyl (C=O) groups is 1. The van der Waals surface area contributed by atoms with Gasteiger partial charge in [-0.3, -0.25) is 4.79 Å². The first kappa shape index (κ1) is 9.00. The molecule has 1 aromatic rings. The molecule has 0 bridgehead atoms. The van der Waals surface area contributed by atoms with Crippen LogP contribution in [-0.4, -0.2) is 10.9 Å². The van der Waals surface area contributed by atoms with Crippen molar-refractivity contribution in [3.8, 4) is 5.75 Å². The second-order valence-corrected chi connectivity index (χ2v) is 3.72. The van der Waals surface area contributed by atoms with Crippen molar-refractivity contribution in [1.82, 2.24) is 0 Å². The van der Waals surface area contributed by atoms with Gasteiger partial charge in [0.2, 0.25) is 0 Å². The minimum absolute atomic E-state index is 0.0400. The lowest BCUT2D eigenvalue weighted by molar-refractivity contribution is 0.102. The van der Waals surface area contributed by atoms with E-state index in [-0.39, 0.29) is 11.5 Å². The molecule has 0 radical (unpaired) electrons. The summed E-state index contributed by atoms with van der Waals surface area (Å²) in [6.45, 7) is 3.77. The summed E-state index contributed by atoms with van der Waals surface area (Å²) in [5, 5.41) is 9.59. The van der Waals surface area contributed by atoms with Crippen molar-refractivity contribution in [2.24, 2.45) is 0 Å².